The number of hydrogen-bond donors (Lipinski definition) is 1. The van der Waals surface area contributed by atoms with Crippen LogP contribution < -0.4 is 9.46 Å². The minimum atomic E-state index is -3.55. The maximum atomic E-state index is 12.3. The van der Waals surface area contributed by atoms with Crippen molar-refractivity contribution in [1.29, 1.82) is 0 Å². The number of sulfonamides is 1. The first-order valence-electron chi connectivity index (χ1n) is 6.66. The van der Waals surface area contributed by atoms with E-state index in [4.69, 9.17) is 4.74 Å². The third kappa shape index (κ3) is 3.62. The minimum Gasteiger partial charge on any atom is -0.496 e. The van der Waals surface area contributed by atoms with E-state index < -0.39 is 10.0 Å². The van der Waals surface area contributed by atoms with Crippen molar-refractivity contribution < 1.29 is 13.2 Å². The minimum absolute atomic E-state index is 0.253. The largest absolute Gasteiger partial charge is 0.496 e. The smallest absolute Gasteiger partial charge is 0.241 e. The maximum Gasteiger partial charge on any atom is 0.241 e. The van der Waals surface area contributed by atoms with Crippen LogP contribution in [0.2, 0.25) is 0 Å². The zero-order chi connectivity index (χ0) is 15.5. The molecule has 2 aromatic carbocycles. The molecule has 0 saturated carbocycles. The average molecular weight is 305 g/mol. The predicted molar refractivity (Wildman–Crippen MR) is 82.9 cm³/mol. The second kappa shape index (κ2) is 6.28. The van der Waals surface area contributed by atoms with Gasteiger partial charge in [0.05, 0.1) is 12.0 Å². The van der Waals surface area contributed by atoms with Gasteiger partial charge < -0.3 is 4.74 Å². The molecule has 0 fully saturated rings. The van der Waals surface area contributed by atoms with Gasteiger partial charge in [-0.25, -0.2) is 13.1 Å². The fourth-order valence-electron chi connectivity index (χ4n) is 2.16. The summed E-state index contributed by atoms with van der Waals surface area (Å²) in [6.07, 6.45) is 0. The molecule has 0 heterocycles. The van der Waals surface area contributed by atoms with Gasteiger partial charge in [0, 0.05) is 11.6 Å². The maximum absolute atomic E-state index is 12.3. The third-order valence-electron chi connectivity index (χ3n) is 3.24. The molecule has 0 aliphatic heterocycles. The Hall–Kier alpha value is -1.85. The molecule has 0 spiro atoms. The van der Waals surface area contributed by atoms with Crippen LogP contribution in [0.3, 0.4) is 0 Å². The summed E-state index contributed by atoms with van der Waals surface area (Å²) >= 11 is 0. The van der Waals surface area contributed by atoms with Crippen LogP contribution in [-0.4, -0.2) is 15.5 Å². The Morgan fingerprint density at radius 2 is 1.76 bits per heavy atom. The lowest BCUT2D eigenvalue weighted by Crippen LogP contribution is -2.27. The van der Waals surface area contributed by atoms with Crippen molar-refractivity contribution in [2.24, 2.45) is 0 Å². The highest BCUT2D eigenvalue weighted by Gasteiger charge is 2.20. The van der Waals surface area contributed by atoms with Crippen LogP contribution in [0.25, 0.3) is 0 Å². The van der Waals surface area contributed by atoms with Gasteiger partial charge in [-0.15, -0.1) is 0 Å². The van der Waals surface area contributed by atoms with Gasteiger partial charge in [-0.2, -0.15) is 0 Å². The summed E-state index contributed by atoms with van der Waals surface area (Å²) in [6, 6.07) is 13.6. The van der Waals surface area contributed by atoms with Crippen LogP contribution in [-0.2, 0) is 10.0 Å². The van der Waals surface area contributed by atoms with Crippen molar-refractivity contribution in [3.63, 3.8) is 0 Å². The van der Waals surface area contributed by atoms with Crippen LogP contribution >= 0.6 is 0 Å². The van der Waals surface area contributed by atoms with E-state index in [-0.39, 0.29) is 10.9 Å². The molecule has 0 amide bonds. The molecule has 2 aromatic rings. The number of methoxy groups -OCH3 is 1. The quantitative estimate of drug-likeness (QED) is 0.923. The number of nitrogens with one attached hydrogen (secondary N) is 1. The standard InChI is InChI=1S/C16H19NO3S/c1-12-9-10-16(20-3)15(11-12)13(2)17-21(18,19)14-7-5-4-6-8-14/h4-11,13,17H,1-3H3. The van der Waals surface area contributed by atoms with Gasteiger partial charge in [0.15, 0.2) is 0 Å². The topological polar surface area (TPSA) is 55.4 Å². The highest BCUT2D eigenvalue weighted by molar-refractivity contribution is 7.89. The first kappa shape index (κ1) is 15.5. The molecule has 0 aliphatic carbocycles. The number of hydrogen-bond acceptors (Lipinski definition) is 3. The number of aryl methyl sites for hydroxylation is 1. The zero-order valence-corrected chi connectivity index (χ0v) is 13.1. The number of benzene rings is 2. The molecule has 2 rings (SSSR count). The van der Waals surface area contributed by atoms with Crippen LogP contribution in [0.1, 0.15) is 24.1 Å². The van der Waals surface area contributed by atoms with E-state index in [1.54, 1.807) is 44.4 Å². The molecule has 0 aliphatic rings. The molecule has 1 N–H and O–H groups in total. The fraction of sp³-hybridized carbons (Fsp3) is 0.250. The summed E-state index contributed by atoms with van der Waals surface area (Å²) < 4.78 is 32.7. The van der Waals surface area contributed by atoms with Gasteiger partial charge in [0.2, 0.25) is 10.0 Å². The summed E-state index contributed by atoms with van der Waals surface area (Å²) in [5.41, 5.74) is 1.87. The van der Waals surface area contributed by atoms with Crippen molar-refractivity contribution >= 4 is 10.0 Å². The van der Waals surface area contributed by atoms with Crippen molar-refractivity contribution in [3.8, 4) is 5.75 Å². The Labute approximate surface area is 125 Å². The number of rotatable bonds is 5. The molecule has 112 valence electrons. The van der Waals surface area contributed by atoms with E-state index in [2.05, 4.69) is 4.72 Å². The predicted octanol–water partition coefficient (Wildman–Crippen LogP) is 3.04. The van der Waals surface area contributed by atoms with E-state index in [0.29, 0.717) is 5.75 Å². The normalized spacial score (nSPS) is 12.9. The molecule has 1 atom stereocenters. The lowest BCUT2D eigenvalue weighted by Gasteiger charge is -2.18. The monoisotopic (exact) mass is 305 g/mol. The van der Waals surface area contributed by atoms with Crippen LogP contribution in [0.4, 0.5) is 0 Å². The lowest BCUT2D eigenvalue weighted by molar-refractivity contribution is 0.405. The summed E-state index contributed by atoms with van der Waals surface area (Å²) in [7, 11) is -1.98. The molecule has 0 saturated heterocycles. The van der Waals surface area contributed by atoms with Crippen molar-refractivity contribution in [2.75, 3.05) is 7.11 Å². The van der Waals surface area contributed by atoms with Crippen molar-refractivity contribution in [2.45, 2.75) is 24.8 Å². The Bertz CT molecular complexity index is 712. The van der Waals surface area contributed by atoms with Gasteiger partial charge in [0.1, 0.15) is 5.75 Å². The molecule has 5 heteroatoms. The van der Waals surface area contributed by atoms with Crippen molar-refractivity contribution in [1.82, 2.24) is 4.72 Å². The molecule has 1 unspecified atom stereocenters. The second-order valence-electron chi connectivity index (χ2n) is 4.90. The van der Waals surface area contributed by atoms with Gasteiger partial charge in [0.25, 0.3) is 0 Å². The summed E-state index contributed by atoms with van der Waals surface area (Å²) in [4.78, 5) is 0.253. The highest BCUT2D eigenvalue weighted by atomic mass is 32.2. The molecule has 0 bridgehead atoms. The Morgan fingerprint density at radius 1 is 1.10 bits per heavy atom. The molecule has 21 heavy (non-hydrogen) atoms. The Balaban J connectivity index is 2.30. The van der Waals surface area contributed by atoms with Gasteiger partial charge in [-0.3, -0.25) is 0 Å². The van der Waals surface area contributed by atoms with Gasteiger partial charge in [-0.05, 0) is 32.0 Å². The first-order valence-corrected chi connectivity index (χ1v) is 8.14. The fourth-order valence-corrected chi connectivity index (χ4v) is 3.40. The molecular formula is C16H19NO3S. The van der Waals surface area contributed by atoms with E-state index in [0.717, 1.165) is 11.1 Å². The third-order valence-corrected chi connectivity index (χ3v) is 4.79. The first-order chi connectivity index (χ1) is 9.94. The van der Waals surface area contributed by atoms with Crippen molar-refractivity contribution in [3.05, 3.63) is 59.7 Å². The second-order valence-corrected chi connectivity index (χ2v) is 6.62. The van der Waals surface area contributed by atoms with Crippen LogP contribution in [0.5, 0.6) is 5.75 Å². The molecule has 0 radical (unpaired) electrons. The molecular weight excluding hydrogens is 286 g/mol. The van der Waals surface area contributed by atoms with Crippen LogP contribution in [0, 0.1) is 6.92 Å². The Morgan fingerprint density at radius 3 is 2.38 bits per heavy atom. The van der Waals surface area contributed by atoms with E-state index in [1.165, 1.54) is 0 Å². The lowest BCUT2D eigenvalue weighted by atomic mass is 10.1. The van der Waals surface area contributed by atoms with E-state index in [9.17, 15) is 8.42 Å². The van der Waals surface area contributed by atoms with Crippen LogP contribution in [0.15, 0.2) is 53.4 Å². The summed E-state index contributed by atoms with van der Waals surface area (Å²) in [5, 5.41) is 0. The van der Waals surface area contributed by atoms with E-state index in [1.807, 2.05) is 25.1 Å². The van der Waals surface area contributed by atoms with Gasteiger partial charge >= 0.3 is 0 Å². The zero-order valence-electron chi connectivity index (χ0n) is 12.3. The molecule has 4 nitrogen and oxygen atoms in total. The van der Waals surface area contributed by atoms with E-state index >= 15 is 0 Å². The highest BCUT2D eigenvalue weighted by Crippen LogP contribution is 2.27. The summed E-state index contributed by atoms with van der Waals surface area (Å²) in [6.45, 7) is 3.76. The van der Waals surface area contributed by atoms with Gasteiger partial charge in [-0.1, -0.05) is 35.9 Å². The average Bonchev–Trinajstić information content (AvgIpc) is 2.47. The summed E-state index contributed by atoms with van der Waals surface area (Å²) in [5.74, 6) is 0.670. The SMILES string of the molecule is COc1ccc(C)cc1C(C)NS(=O)(=O)c1ccccc1. The molecule has 0 aromatic heterocycles. The number of ether oxygens (including phenoxy) is 1. The Kier molecular flexibility index (Phi) is 4.65.